The van der Waals surface area contributed by atoms with Crippen molar-refractivity contribution in [3.05, 3.63) is 95.9 Å². The normalized spacial score (nSPS) is 11.0. The van der Waals surface area contributed by atoms with Crippen molar-refractivity contribution in [1.29, 1.82) is 0 Å². The van der Waals surface area contributed by atoms with Crippen molar-refractivity contribution in [3.63, 3.8) is 0 Å². The van der Waals surface area contributed by atoms with Gasteiger partial charge in [-0.2, -0.15) is 0 Å². The molecule has 29 heavy (non-hydrogen) atoms. The topological polar surface area (TPSA) is 55.3 Å². The number of nitrogens with zero attached hydrogens (tertiary/aromatic N) is 3. The smallest absolute Gasteiger partial charge is 0.357 e. The number of rotatable bonds is 5. The number of hydrogen-bond donors (Lipinski definition) is 0. The minimum atomic E-state index is -0.463. The minimum absolute atomic E-state index is 0.303. The fourth-order valence-electron chi connectivity index (χ4n) is 2.96. The Morgan fingerprint density at radius 3 is 2.52 bits per heavy atom. The van der Waals surface area contributed by atoms with Gasteiger partial charge in [0.2, 0.25) is 0 Å². The van der Waals surface area contributed by atoms with Crippen molar-refractivity contribution in [3.8, 4) is 11.3 Å². The fourth-order valence-corrected chi connectivity index (χ4v) is 2.96. The molecule has 0 saturated heterocycles. The molecular formula is C23H18FN3O2. The van der Waals surface area contributed by atoms with Gasteiger partial charge in [-0.25, -0.2) is 14.2 Å². The summed E-state index contributed by atoms with van der Waals surface area (Å²) >= 11 is 0. The second kappa shape index (κ2) is 8.16. The first-order chi connectivity index (χ1) is 14.1. The van der Waals surface area contributed by atoms with E-state index in [1.165, 1.54) is 17.2 Å². The number of carbonyl (C=O) groups excluding carboxylic acids is 1. The Morgan fingerprint density at radius 2 is 1.76 bits per heavy atom. The van der Waals surface area contributed by atoms with Gasteiger partial charge in [-0.15, -0.1) is 5.06 Å². The van der Waals surface area contributed by atoms with Crippen molar-refractivity contribution < 1.29 is 14.0 Å². The number of carbonyl (C=O) groups is 1. The Kier molecular flexibility index (Phi) is 5.27. The van der Waals surface area contributed by atoms with Crippen molar-refractivity contribution in [2.75, 3.05) is 7.05 Å². The molecule has 1 heterocycles. The van der Waals surface area contributed by atoms with Crippen LogP contribution in [-0.2, 0) is 11.4 Å². The number of aromatic nitrogens is 2. The Balaban J connectivity index is 1.50. The lowest BCUT2D eigenvalue weighted by Crippen LogP contribution is -2.22. The highest BCUT2D eigenvalue weighted by Crippen LogP contribution is 2.20. The van der Waals surface area contributed by atoms with Crippen LogP contribution in [0.1, 0.15) is 15.9 Å². The zero-order chi connectivity index (χ0) is 20.2. The predicted octanol–water partition coefficient (Wildman–Crippen LogP) is 4.64. The highest BCUT2D eigenvalue weighted by molar-refractivity contribution is 5.93. The summed E-state index contributed by atoms with van der Waals surface area (Å²) in [5.41, 5.74) is 4.06. The second-order valence-corrected chi connectivity index (χ2v) is 6.62. The van der Waals surface area contributed by atoms with Gasteiger partial charge in [-0.05, 0) is 48.0 Å². The zero-order valence-electron chi connectivity index (χ0n) is 15.7. The number of hydroxylamine groups is 2. The molecule has 0 N–H and O–H groups in total. The van der Waals surface area contributed by atoms with E-state index in [1.54, 1.807) is 43.6 Å². The second-order valence-electron chi connectivity index (χ2n) is 6.62. The molecule has 0 unspecified atom stereocenters. The molecule has 144 valence electrons. The molecule has 4 rings (SSSR count). The van der Waals surface area contributed by atoms with E-state index in [0.717, 1.165) is 11.1 Å². The van der Waals surface area contributed by atoms with Crippen LogP contribution in [0.4, 0.5) is 4.39 Å². The quantitative estimate of drug-likeness (QED) is 0.467. The van der Waals surface area contributed by atoms with Gasteiger partial charge in [0.05, 0.1) is 35.0 Å². The Morgan fingerprint density at radius 1 is 1.00 bits per heavy atom. The summed E-state index contributed by atoms with van der Waals surface area (Å²) in [4.78, 5) is 26.8. The largest absolute Gasteiger partial charge is 0.364 e. The van der Waals surface area contributed by atoms with E-state index < -0.39 is 5.97 Å². The van der Waals surface area contributed by atoms with E-state index in [2.05, 4.69) is 9.97 Å². The summed E-state index contributed by atoms with van der Waals surface area (Å²) in [6.07, 6.45) is 1.60. The van der Waals surface area contributed by atoms with E-state index in [1.807, 2.05) is 30.3 Å². The molecule has 0 saturated carbocycles. The van der Waals surface area contributed by atoms with Crippen molar-refractivity contribution >= 4 is 17.0 Å². The van der Waals surface area contributed by atoms with Gasteiger partial charge in [-0.3, -0.25) is 4.98 Å². The number of hydrogen-bond acceptors (Lipinski definition) is 5. The molecule has 0 fully saturated rings. The first-order valence-electron chi connectivity index (χ1n) is 9.08. The molecule has 0 aliphatic rings. The van der Waals surface area contributed by atoms with Crippen LogP contribution in [-0.4, -0.2) is 28.0 Å². The third-order valence-corrected chi connectivity index (χ3v) is 4.40. The number of benzene rings is 3. The first-order valence-corrected chi connectivity index (χ1v) is 9.08. The lowest BCUT2D eigenvalue weighted by molar-refractivity contribution is -0.0966. The van der Waals surface area contributed by atoms with Gasteiger partial charge >= 0.3 is 5.97 Å². The Hall–Kier alpha value is -3.64. The first kappa shape index (κ1) is 18.7. The summed E-state index contributed by atoms with van der Waals surface area (Å²) in [5.74, 6) is -0.766. The molecule has 4 aromatic rings. The molecule has 0 radical (unpaired) electrons. The number of halogens is 1. The van der Waals surface area contributed by atoms with Crippen LogP contribution in [0.3, 0.4) is 0 Å². The fraction of sp³-hybridized carbons (Fsp3) is 0.0870. The highest BCUT2D eigenvalue weighted by Gasteiger charge is 2.13. The van der Waals surface area contributed by atoms with Gasteiger partial charge in [0.25, 0.3) is 0 Å². The monoisotopic (exact) mass is 387 g/mol. The lowest BCUT2D eigenvalue weighted by Gasteiger charge is -2.16. The van der Waals surface area contributed by atoms with Crippen LogP contribution >= 0.6 is 0 Å². The average molecular weight is 387 g/mol. The molecule has 0 amide bonds. The van der Waals surface area contributed by atoms with E-state index >= 15 is 0 Å². The SMILES string of the molecule is CN(Cc1ccccc1)OC(=O)c1ccc2nc(-c3ccc(F)cc3)cnc2c1. The molecule has 5 nitrogen and oxygen atoms in total. The van der Waals surface area contributed by atoms with E-state index in [0.29, 0.717) is 28.8 Å². The Labute approximate surface area is 167 Å². The molecular weight excluding hydrogens is 369 g/mol. The van der Waals surface area contributed by atoms with Crippen LogP contribution in [0, 0.1) is 5.82 Å². The molecule has 0 atom stereocenters. The van der Waals surface area contributed by atoms with Gasteiger partial charge in [0.1, 0.15) is 5.82 Å². The maximum absolute atomic E-state index is 13.1. The maximum atomic E-state index is 13.1. The predicted molar refractivity (Wildman–Crippen MR) is 108 cm³/mol. The average Bonchev–Trinajstić information content (AvgIpc) is 2.74. The van der Waals surface area contributed by atoms with Gasteiger partial charge < -0.3 is 4.84 Å². The Bertz CT molecular complexity index is 1150. The summed E-state index contributed by atoms with van der Waals surface area (Å²) in [6.45, 7) is 0.487. The van der Waals surface area contributed by atoms with Crippen LogP contribution in [0.15, 0.2) is 79.0 Å². The summed E-state index contributed by atoms with van der Waals surface area (Å²) in [6, 6.07) is 20.8. The van der Waals surface area contributed by atoms with Crippen molar-refractivity contribution in [2.45, 2.75) is 6.54 Å². The minimum Gasteiger partial charge on any atom is -0.364 e. The van der Waals surface area contributed by atoms with E-state index in [4.69, 9.17) is 4.84 Å². The van der Waals surface area contributed by atoms with E-state index in [-0.39, 0.29) is 5.82 Å². The van der Waals surface area contributed by atoms with Crippen LogP contribution in [0.2, 0.25) is 0 Å². The molecule has 1 aromatic heterocycles. The van der Waals surface area contributed by atoms with E-state index in [9.17, 15) is 9.18 Å². The molecule has 6 heteroatoms. The third kappa shape index (κ3) is 4.44. The highest BCUT2D eigenvalue weighted by atomic mass is 19.1. The van der Waals surface area contributed by atoms with Crippen LogP contribution in [0.25, 0.3) is 22.3 Å². The standard InChI is InChI=1S/C23H18FN3O2/c1-27(15-16-5-3-2-4-6-16)29-23(28)18-9-12-20-21(13-18)25-14-22(26-20)17-7-10-19(24)11-8-17/h2-14H,15H2,1H3. The summed E-state index contributed by atoms with van der Waals surface area (Å²) < 4.78 is 13.1. The van der Waals surface area contributed by atoms with Crippen LogP contribution in [0.5, 0.6) is 0 Å². The van der Waals surface area contributed by atoms with Crippen molar-refractivity contribution in [1.82, 2.24) is 15.0 Å². The van der Waals surface area contributed by atoms with Crippen LogP contribution < -0.4 is 0 Å². The van der Waals surface area contributed by atoms with Gasteiger partial charge in [0.15, 0.2) is 0 Å². The van der Waals surface area contributed by atoms with Gasteiger partial charge in [0, 0.05) is 12.6 Å². The molecule has 0 aliphatic heterocycles. The molecule has 0 bridgehead atoms. The molecule has 0 aliphatic carbocycles. The third-order valence-electron chi connectivity index (χ3n) is 4.40. The van der Waals surface area contributed by atoms with Crippen molar-refractivity contribution in [2.24, 2.45) is 0 Å². The summed E-state index contributed by atoms with van der Waals surface area (Å²) in [7, 11) is 1.71. The van der Waals surface area contributed by atoms with Gasteiger partial charge in [-0.1, -0.05) is 30.3 Å². The number of fused-ring (bicyclic) bond motifs is 1. The maximum Gasteiger partial charge on any atom is 0.357 e. The lowest BCUT2D eigenvalue weighted by atomic mass is 10.1. The summed E-state index contributed by atoms with van der Waals surface area (Å²) in [5, 5.41) is 1.49. The zero-order valence-corrected chi connectivity index (χ0v) is 15.7. The molecule has 3 aromatic carbocycles. The molecule has 0 spiro atoms.